The molecule has 2 amide bonds. The molecule has 0 saturated heterocycles. The van der Waals surface area contributed by atoms with Crippen LogP contribution in [-0.4, -0.2) is 29.7 Å². The SMILES string of the molecule is O=C(NC(COCc1ccccc1)C(=O)Nc1ccc(Oc2ccccc2)cc1)c1ccc(NO)o1. The van der Waals surface area contributed by atoms with Crippen molar-refractivity contribution >= 4 is 23.4 Å². The van der Waals surface area contributed by atoms with Crippen molar-refractivity contribution < 1.29 is 28.7 Å². The largest absolute Gasteiger partial charge is 0.457 e. The van der Waals surface area contributed by atoms with E-state index >= 15 is 0 Å². The molecule has 184 valence electrons. The van der Waals surface area contributed by atoms with Crippen molar-refractivity contribution in [2.75, 3.05) is 17.4 Å². The molecule has 3 aromatic carbocycles. The van der Waals surface area contributed by atoms with Crippen LogP contribution in [0.2, 0.25) is 0 Å². The molecule has 0 saturated carbocycles. The molecule has 1 heterocycles. The molecular formula is C27H25N3O6. The second-order valence-electron chi connectivity index (χ2n) is 7.73. The summed E-state index contributed by atoms with van der Waals surface area (Å²) >= 11 is 0. The lowest BCUT2D eigenvalue weighted by molar-refractivity contribution is -0.119. The molecule has 0 radical (unpaired) electrons. The zero-order chi connectivity index (χ0) is 25.2. The van der Waals surface area contributed by atoms with E-state index in [1.54, 1.807) is 24.3 Å². The molecule has 4 rings (SSSR count). The van der Waals surface area contributed by atoms with Crippen LogP contribution in [0.3, 0.4) is 0 Å². The Morgan fingerprint density at radius 3 is 2.17 bits per heavy atom. The van der Waals surface area contributed by atoms with Crippen LogP contribution in [0.4, 0.5) is 11.6 Å². The third-order valence-electron chi connectivity index (χ3n) is 5.06. The highest BCUT2D eigenvalue weighted by molar-refractivity contribution is 6.00. The third-order valence-corrected chi connectivity index (χ3v) is 5.06. The first-order chi connectivity index (χ1) is 17.6. The van der Waals surface area contributed by atoms with E-state index in [9.17, 15) is 9.59 Å². The maximum Gasteiger partial charge on any atom is 0.287 e. The number of hydrogen-bond acceptors (Lipinski definition) is 7. The molecule has 0 spiro atoms. The Kier molecular flexibility index (Phi) is 8.31. The summed E-state index contributed by atoms with van der Waals surface area (Å²) in [6, 6.07) is 27.4. The van der Waals surface area contributed by atoms with Crippen LogP contribution in [0.1, 0.15) is 16.1 Å². The average Bonchev–Trinajstić information content (AvgIpc) is 3.40. The second kappa shape index (κ2) is 12.2. The lowest BCUT2D eigenvalue weighted by Crippen LogP contribution is -2.46. The fourth-order valence-electron chi connectivity index (χ4n) is 3.26. The number of carbonyl (C=O) groups excluding carboxylic acids is 2. The van der Waals surface area contributed by atoms with E-state index < -0.39 is 17.9 Å². The number of benzene rings is 3. The Bertz CT molecular complexity index is 1260. The summed E-state index contributed by atoms with van der Waals surface area (Å²) in [5, 5.41) is 14.3. The highest BCUT2D eigenvalue weighted by Crippen LogP contribution is 2.22. The van der Waals surface area contributed by atoms with Gasteiger partial charge in [-0.1, -0.05) is 48.5 Å². The standard InChI is InChI=1S/C27H25N3O6/c31-26(28-20-11-13-22(14-12-20)35-21-9-5-2-6-10-21)23(18-34-17-19-7-3-1-4-8-19)29-27(32)24-15-16-25(30-33)36-24/h1-16,23,30,33H,17-18H2,(H,28,31)(H,29,32). The van der Waals surface area contributed by atoms with E-state index in [1.807, 2.05) is 66.1 Å². The topological polar surface area (TPSA) is 122 Å². The van der Waals surface area contributed by atoms with Crippen molar-refractivity contribution in [3.05, 3.63) is 108 Å². The Morgan fingerprint density at radius 1 is 0.833 bits per heavy atom. The number of ether oxygens (including phenoxy) is 2. The monoisotopic (exact) mass is 487 g/mol. The Hall–Kier alpha value is -4.60. The van der Waals surface area contributed by atoms with Gasteiger partial charge in [0, 0.05) is 11.8 Å². The van der Waals surface area contributed by atoms with Crippen molar-refractivity contribution in [2.45, 2.75) is 12.6 Å². The van der Waals surface area contributed by atoms with Crippen LogP contribution in [0, 0.1) is 0 Å². The number of rotatable bonds is 11. The summed E-state index contributed by atoms with van der Waals surface area (Å²) < 4.78 is 16.7. The number of furan rings is 1. The van der Waals surface area contributed by atoms with Gasteiger partial charge in [-0.25, -0.2) is 5.48 Å². The summed E-state index contributed by atoms with van der Waals surface area (Å²) in [5.41, 5.74) is 3.28. The number of amides is 2. The fourth-order valence-corrected chi connectivity index (χ4v) is 3.26. The molecule has 9 heteroatoms. The summed E-state index contributed by atoms with van der Waals surface area (Å²) in [4.78, 5) is 25.7. The minimum absolute atomic E-state index is 0.000657. The molecule has 0 aliphatic rings. The number of nitrogens with one attached hydrogen (secondary N) is 3. The van der Waals surface area contributed by atoms with E-state index in [0.29, 0.717) is 17.2 Å². The smallest absolute Gasteiger partial charge is 0.287 e. The van der Waals surface area contributed by atoms with Crippen LogP contribution in [0.25, 0.3) is 0 Å². The van der Waals surface area contributed by atoms with Crippen LogP contribution >= 0.6 is 0 Å². The van der Waals surface area contributed by atoms with Gasteiger partial charge in [-0.3, -0.25) is 14.8 Å². The Balaban J connectivity index is 1.40. The minimum atomic E-state index is -1.02. The summed E-state index contributed by atoms with van der Waals surface area (Å²) in [6.07, 6.45) is 0. The van der Waals surface area contributed by atoms with Crippen LogP contribution in [-0.2, 0) is 16.1 Å². The maximum atomic E-state index is 13.0. The number of hydrogen-bond donors (Lipinski definition) is 4. The molecule has 0 fully saturated rings. The van der Waals surface area contributed by atoms with Gasteiger partial charge in [0.15, 0.2) is 5.76 Å². The van der Waals surface area contributed by atoms with E-state index in [1.165, 1.54) is 12.1 Å². The van der Waals surface area contributed by atoms with Crippen molar-refractivity contribution in [3.8, 4) is 11.5 Å². The zero-order valence-electron chi connectivity index (χ0n) is 19.2. The van der Waals surface area contributed by atoms with Gasteiger partial charge in [-0.05, 0) is 48.0 Å². The first kappa shape index (κ1) is 24.5. The van der Waals surface area contributed by atoms with Crippen molar-refractivity contribution in [1.82, 2.24) is 5.32 Å². The Morgan fingerprint density at radius 2 is 1.50 bits per heavy atom. The van der Waals surface area contributed by atoms with E-state index in [-0.39, 0.29) is 24.9 Å². The first-order valence-electron chi connectivity index (χ1n) is 11.2. The molecule has 36 heavy (non-hydrogen) atoms. The van der Waals surface area contributed by atoms with Gasteiger partial charge in [0.2, 0.25) is 11.8 Å². The average molecular weight is 488 g/mol. The van der Waals surface area contributed by atoms with Crippen molar-refractivity contribution in [2.24, 2.45) is 0 Å². The van der Waals surface area contributed by atoms with Gasteiger partial charge >= 0.3 is 0 Å². The molecule has 9 nitrogen and oxygen atoms in total. The minimum Gasteiger partial charge on any atom is -0.457 e. The highest BCUT2D eigenvalue weighted by atomic mass is 16.5. The number of carbonyl (C=O) groups is 2. The van der Waals surface area contributed by atoms with Gasteiger partial charge in [-0.2, -0.15) is 0 Å². The fraction of sp³-hybridized carbons (Fsp3) is 0.111. The van der Waals surface area contributed by atoms with E-state index in [2.05, 4.69) is 10.6 Å². The quantitative estimate of drug-likeness (QED) is 0.224. The molecule has 0 bridgehead atoms. The van der Waals surface area contributed by atoms with Gasteiger partial charge in [0.1, 0.15) is 17.5 Å². The molecular weight excluding hydrogens is 462 g/mol. The Labute approximate surface area is 207 Å². The molecule has 4 aromatic rings. The first-order valence-corrected chi connectivity index (χ1v) is 11.2. The van der Waals surface area contributed by atoms with E-state index in [0.717, 1.165) is 5.56 Å². The number of anilines is 2. The van der Waals surface area contributed by atoms with Gasteiger partial charge < -0.3 is 24.5 Å². The summed E-state index contributed by atoms with van der Waals surface area (Å²) in [7, 11) is 0. The third kappa shape index (κ3) is 6.95. The predicted octanol–water partition coefficient (Wildman–Crippen LogP) is 4.83. The normalized spacial score (nSPS) is 11.4. The van der Waals surface area contributed by atoms with Crippen molar-refractivity contribution in [1.29, 1.82) is 0 Å². The lowest BCUT2D eigenvalue weighted by Gasteiger charge is -2.18. The number of para-hydroxylation sites is 1. The maximum absolute atomic E-state index is 13.0. The van der Waals surface area contributed by atoms with Crippen LogP contribution in [0.5, 0.6) is 11.5 Å². The van der Waals surface area contributed by atoms with Gasteiger partial charge in [0.25, 0.3) is 5.91 Å². The molecule has 0 aliphatic heterocycles. The molecule has 1 unspecified atom stereocenters. The molecule has 4 N–H and O–H groups in total. The summed E-state index contributed by atoms with van der Waals surface area (Å²) in [6.45, 7) is 0.193. The van der Waals surface area contributed by atoms with Crippen LogP contribution in [0.15, 0.2) is 101 Å². The van der Waals surface area contributed by atoms with E-state index in [4.69, 9.17) is 19.1 Å². The highest BCUT2D eigenvalue weighted by Gasteiger charge is 2.24. The molecule has 1 atom stereocenters. The predicted molar refractivity (Wildman–Crippen MR) is 133 cm³/mol. The molecule has 0 aliphatic carbocycles. The van der Waals surface area contributed by atoms with Gasteiger partial charge in [-0.15, -0.1) is 0 Å². The van der Waals surface area contributed by atoms with Crippen molar-refractivity contribution in [3.63, 3.8) is 0 Å². The summed E-state index contributed by atoms with van der Waals surface area (Å²) in [5.74, 6) is 0.132. The molecule has 1 aromatic heterocycles. The van der Waals surface area contributed by atoms with Gasteiger partial charge in [0.05, 0.1) is 13.2 Å². The zero-order valence-corrected chi connectivity index (χ0v) is 19.2. The lowest BCUT2D eigenvalue weighted by atomic mass is 10.2. The second-order valence-corrected chi connectivity index (χ2v) is 7.73. The van der Waals surface area contributed by atoms with Crippen LogP contribution < -0.4 is 20.9 Å².